The zero-order chi connectivity index (χ0) is 9.10. The molecule has 1 saturated heterocycles. The van der Waals surface area contributed by atoms with E-state index in [-0.39, 0.29) is 0 Å². The van der Waals surface area contributed by atoms with Crippen LogP contribution in [0.15, 0.2) is 28.7 Å². The molecule has 0 radical (unpaired) electrons. The molecule has 13 heavy (non-hydrogen) atoms. The van der Waals surface area contributed by atoms with Crippen LogP contribution in [0, 0.1) is 0 Å². The Morgan fingerprint density at radius 1 is 1.31 bits per heavy atom. The molecule has 0 unspecified atom stereocenters. The van der Waals surface area contributed by atoms with Crippen LogP contribution in [-0.2, 0) is 11.3 Å². The van der Waals surface area contributed by atoms with Crippen LogP contribution < -0.4 is 0 Å². The predicted molar refractivity (Wildman–Crippen MR) is 60.0 cm³/mol. The number of rotatable bonds is 3. The molecule has 0 N–H and O–H groups in total. The molecule has 1 aliphatic rings. The van der Waals surface area contributed by atoms with E-state index < -0.39 is 0 Å². The highest BCUT2D eigenvalue weighted by molar-refractivity contribution is 9.10. The van der Waals surface area contributed by atoms with Gasteiger partial charge in [-0.1, -0.05) is 28.1 Å². The fraction of sp³-hybridized carbons (Fsp3) is 0.400. The Hall–Kier alpha value is 0.01000. The van der Waals surface area contributed by atoms with Crippen LogP contribution in [0.2, 0.25) is 0 Å². The minimum Gasteiger partial charge on any atom is -0.372 e. The fourth-order valence-corrected chi connectivity index (χ4v) is 1.99. The Bertz CT molecular complexity index is 269. The summed E-state index contributed by atoms with van der Waals surface area (Å²) in [5.41, 5.74) is 1.25. The number of ether oxygens (including phenoxy) is 1. The first-order valence-corrected chi connectivity index (χ1v) is 6.23. The van der Waals surface area contributed by atoms with E-state index in [0.29, 0.717) is 6.10 Å². The van der Waals surface area contributed by atoms with E-state index in [4.69, 9.17) is 4.74 Å². The van der Waals surface area contributed by atoms with Crippen molar-refractivity contribution in [3.8, 4) is 0 Å². The van der Waals surface area contributed by atoms with Gasteiger partial charge in [0, 0.05) is 16.0 Å². The lowest BCUT2D eigenvalue weighted by atomic mass is 10.2. The van der Waals surface area contributed by atoms with Crippen molar-refractivity contribution in [2.24, 2.45) is 0 Å². The minimum absolute atomic E-state index is 0.494. The monoisotopic (exact) mass is 258 g/mol. The van der Waals surface area contributed by atoms with Crippen molar-refractivity contribution in [3.05, 3.63) is 34.3 Å². The third kappa shape index (κ3) is 2.73. The van der Waals surface area contributed by atoms with Gasteiger partial charge in [0.25, 0.3) is 0 Å². The number of thioether (sulfide) groups is 1. The normalized spacial score (nSPS) is 17.0. The molecule has 0 atom stereocenters. The maximum absolute atomic E-state index is 5.67. The molecule has 70 valence electrons. The summed E-state index contributed by atoms with van der Waals surface area (Å²) in [6.45, 7) is 0.749. The summed E-state index contributed by atoms with van der Waals surface area (Å²) >= 11 is 5.36. The van der Waals surface area contributed by atoms with Crippen molar-refractivity contribution >= 4 is 27.7 Å². The molecule has 0 bridgehead atoms. The van der Waals surface area contributed by atoms with Gasteiger partial charge in [0.15, 0.2) is 0 Å². The molecule has 1 fully saturated rings. The second kappa shape index (κ2) is 4.49. The summed E-state index contributed by atoms with van der Waals surface area (Å²) in [6.07, 6.45) is 0.494. The number of hydrogen-bond acceptors (Lipinski definition) is 2. The van der Waals surface area contributed by atoms with Crippen LogP contribution in [0.5, 0.6) is 0 Å². The van der Waals surface area contributed by atoms with Crippen LogP contribution in [0.25, 0.3) is 0 Å². The summed E-state index contributed by atoms with van der Waals surface area (Å²) in [5.74, 6) is 2.33. The molecule has 1 aromatic carbocycles. The first-order chi connectivity index (χ1) is 6.34. The molecule has 3 heteroatoms. The van der Waals surface area contributed by atoms with Crippen molar-refractivity contribution < 1.29 is 4.74 Å². The molecule has 1 heterocycles. The van der Waals surface area contributed by atoms with Gasteiger partial charge in [-0.15, -0.1) is 0 Å². The fourth-order valence-electron chi connectivity index (χ4n) is 1.11. The number of halogens is 1. The van der Waals surface area contributed by atoms with Gasteiger partial charge >= 0.3 is 0 Å². The highest BCUT2D eigenvalue weighted by Crippen LogP contribution is 2.22. The van der Waals surface area contributed by atoms with Crippen molar-refractivity contribution in [1.29, 1.82) is 0 Å². The van der Waals surface area contributed by atoms with Crippen LogP contribution in [0.1, 0.15) is 5.56 Å². The van der Waals surface area contributed by atoms with Crippen molar-refractivity contribution in [2.75, 3.05) is 11.5 Å². The SMILES string of the molecule is Brc1ccc(COC2CSC2)cc1. The molecular weight excluding hydrogens is 248 g/mol. The Morgan fingerprint density at radius 2 is 2.00 bits per heavy atom. The second-order valence-corrected chi connectivity index (χ2v) is 5.09. The summed E-state index contributed by atoms with van der Waals surface area (Å²) in [5, 5.41) is 0. The van der Waals surface area contributed by atoms with E-state index in [2.05, 4.69) is 28.1 Å². The highest BCUT2D eigenvalue weighted by Gasteiger charge is 2.18. The number of benzene rings is 1. The van der Waals surface area contributed by atoms with Gasteiger partial charge in [0.05, 0.1) is 12.7 Å². The molecule has 1 aromatic rings. The van der Waals surface area contributed by atoms with Gasteiger partial charge < -0.3 is 4.74 Å². The van der Waals surface area contributed by atoms with Gasteiger partial charge in [0.1, 0.15) is 0 Å². The van der Waals surface area contributed by atoms with Crippen LogP contribution in [0.3, 0.4) is 0 Å². The third-order valence-electron chi connectivity index (χ3n) is 2.01. The molecule has 1 aliphatic heterocycles. The lowest BCUT2D eigenvalue weighted by Gasteiger charge is -2.24. The molecular formula is C10H11BrOS. The van der Waals surface area contributed by atoms with Crippen LogP contribution in [0.4, 0.5) is 0 Å². The predicted octanol–water partition coefficient (Wildman–Crippen LogP) is 3.08. The first-order valence-electron chi connectivity index (χ1n) is 4.28. The van der Waals surface area contributed by atoms with E-state index in [1.54, 1.807) is 0 Å². The highest BCUT2D eigenvalue weighted by atomic mass is 79.9. The average molecular weight is 259 g/mol. The topological polar surface area (TPSA) is 9.23 Å². The van der Waals surface area contributed by atoms with E-state index in [9.17, 15) is 0 Å². The quantitative estimate of drug-likeness (QED) is 0.825. The van der Waals surface area contributed by atoms with E-state index in [1.807, 2.05) is 23.9 Å². The van der Waals surface area contributed by atoms with Gasteiger partial charge in [-0.2, -0.15) is 11.8 Å². The third-order valence-corrected chi connectivity index (χ3v) is 3.75. The molecule has 0 spiro atoms. The van der Waals surface area contributed by atoms with E-state index in [0.717, 1.165) is 22.6 Å². The summed E-state index contributed by atoms with van der Waals surface area (Å²) < 4.78 is 6.79. The maximum Gasteiger partial charge on any atom is 0.0760 e. The molecule has 0 aromatic heterocycles. The molecule has 1 nitrogen and oxygen atoms in total. The van der Waals surface area contributed by atoms with Crippen molar-refractivity contribution in [1.82, 2.24) is 0 Å². The van der Waals surface area contributed by atoms with Crippen molar-refractivity contribution in [3.63, 3.8) is 0 Å². The second-order valence-electron chi connectivity index (χ2n) is 3.10. The summed E-state index contributed by atoms with van der Waals surface area (Å²) in [4.78, 5) is 0. The van der Waals surface area contributed by atoms with E-state index in [1.165, 1.54) is 5.56 Å². The first kappa shape index (κ1) is 9.56. The lowest BCUT2D eigenvalue weighted by molar-refractivity contribution is 0.0647. The van der Waals surface area contributed by atoms with Crippen LogP contribution >= 0.6 is 27.7 Å². The summed E-state index contributed by atoms with van der Waals surface area (Å²) in [7, 11) is 0. The van der Waals surface area contributed by atoms with Crippen molar-refractivity contribution in [2.45, 2.75) is 12.7 Å². The Labute approximate surface area is 91.0 Å². The lowest BCUT2D eigenvalue weighted by Crippen LogP contribution is -2.27. The number of hydrogen-bond donors (Lipinski definition) is 0. The largest absolute Gasteiger partial charge is 0.372 e. The zero-order valence-electron chi connectivity index (χ0n) is 7.20. The molecule has 0 amide bonds. The Morgan fingerprint density at radius 3 is 2.54 bits per heavy atom. The maximum atomic E-state index is 5.67. The Balaban J connectivity index is 1.83. The summed E-state index contributed by atoms with van der Waals surface area (Å²) in [6, 6.07) is 8.29. The van der Waals surface area contributed by atoms with Gasteiger partial charge in [-0.3, -0.25) is 0 Å². The smallest absolute Gasteiger partial charge is 0.0760 e. The minimum atomic E-state index is 0.494. The molecule has 0 aliphatic carbocycles. The van der Waals surface area contributed by atoms with Gasteiger partial charge in [-0.25, -0.2) is 0 Å². The zero-order valence-corrected chi connectivity index (χ0v) is 9.61. The van der Waals surface area contributed by atoms with E-state index >= 15 is 0 Å². The average Bonchev–Trinajstić information content (AvgIpc) is 2.05. The van der Waals surface area contributed by atoms with Gasteiger partial charge in [0.2, 0.25) is 0 Å². The van der Waals surface area contributed by atoms with Gasteiger partial charge in [-0.05, 0) is 17.7 Å². The Kier molecular flexibility index (Phi) is 3.30. The molecule has 0 saturated carbocycles. The van der Waals surface area contributed by atoms with Crippen LogP contribution in [-0.4, -0.2) is 17.6 Å². The standard InChI is InChI=1S/C10H11BrOS/c11-9-3-1-8(2-4-9)5-12-10-6-13-7-10/h1-4,10H,5-7H2. The molecule has 2 rings (SSSR count).